The molecule has 0 unspecified atom stereocenters. The van der Waals surface area contributed by atoms with Crippen molar-refractivity contribution < 1.29 is 9.59 Å². The highest BCUT2D eigenvalue weighted by atomic mass is 16.2. The van der Waals surface area contributed by atoms with Gasteiger partial charge in [-0.15, -0.1) is 0 Å². The Hall–Kier alpha value is -2.08. The van der Waals surface area contributed by atoms with Crippen LogP contribution in [0, 0.1) is 0 Å². The number of hydrogen-bond acceptors (Lipinski definition) is 3. The molecule has 3 amide bonds. The van der Waals surface area contributed by atoms with Gasteiger partial charge in [0.25, 0.3) is 0 Å². The molecule has 1 fully saturated rings. The van der Waals surface area contributed by atoms with E-state index >= 15 is 0 Å². The van der Waals surface area contributed by atoms with Crippen LogP contribution in [-0.4, -0.2) is 24.5 Å². The molecule has 1 heterocycles. The Morgan fingerprint density at radius 3 is 2.69 bits per heavy atom. The lowest BCUT2D eigenvalue weighted by Crippen LogP contribution is -2.43. The number of carbonyl (C=O) groups is 2. The minimum Gasteiger partial charge on any atom is -0.352 e. The highest BCUT2D eigenvalue weighted by molar-refractivity contribution is 5.76. The van der Waals surface area contributed by atoms with Crippen molar-refractivity contribution in [2.75, 3.05) is 6.54 Å². The zero-order chi connectivity index (χ0) is 18.2. The summed E-state index contributed by atoms with van der Waals surface area (Å²) in [4.78, 5) is 23.8. The average Bonchev–Trinajstić information content (AvgIpc) is 3.12. The van der Waals surface area contributed by atoms with Crippen LogP contribution in [0.3, 0.4) is 0 Å². The van der Waals surface area contributed by atoms with Crippen LogP contribution in [0.25, 0.3) is 0 Å². The Bertz CT molecular complexity index is 626. The van der Waals surface area contributed by atoms with E-state index in [0.717, 1.165) is 31.5 Å². The fourth-order valence-corrected chi connectivity index (χ4v) is 3.68. The minimum absolute atomic E-state index is 0.0260. The molecule has 3 rings (SSSR count). The van der Waals surface area contributed by atoms with Gasteiger partial charge in [0.15, 0.2) is 0 Å². The van der Waals surface area contributed by atoms with E-state index < -0.39 is 0 Å². The van der Waals surface area contributed by atoms with Gasteiger partial charge in [0.05, 0.1) is 0 Å². The maximum atomic E-state index is 12.0. The Morgan fingerprint density at radius 1 is 1.04 bits per heavy atom. The first-order valence-corrected chi connectivity index (χ1v) is 9.83. The predicted molar refractivity (Wildman–Crippen MR) is 101 cm³/mol. The second-order valence-electron chi connectivity index (χ2n) is 7.32. The van der Waals surface area contributed by atoms with Crippen LogP contribution in [0.5, 0.6) is 0 Å². The quantitative estimate of drug-likeness (QED) is 0.565. The first-order valence-electron chi connectivity index (χ1n) is 9.83. The molecule has 0 radical (unpaired) electrons. The minimum atomic E-state index is -0.107. The zero-order valence-electron chi connectivity index (χ0n) is 15.4. The largest absolute Gasteiger partial charge is 0.352 e. The summed E-state index contributed by atoms with van der Waals surface area (Å²) in [5.41, 5.74) is 3.80. The van der Waals surface area contributed by atoms with Crippen molar-refractivity contribution >= 4 is 11.9 Å². The second kappa shape index (κ2) is 9.57. The number of urea groups is 1. The summed E-state index contributed by atoms with van der Waals surface area (Å²) >= 11 is 0. The van der Waals surface area contributed by atoms with Crippen LogP contribution < -0.4 is 21.3 Å². The van der Waals surface area contributed by atoms with Crippen molar-refractivity contribution in [2.45, 2.75) is 70.6 Å². The average molecular weight is 358 g/mol. The zero-order valence-corrected chi connectivity index (χ0v) is 15.4. The molecule has 1 aromatic carbocycles. The summed E-state index contributed by atoms with van der Waals surface area (Å²) in [5, 5.41) is 12.1. The lowest BCUT2D eigenvalue weighted by atomic mass is 9.96. The highest BCUT2D eigenvalue weighted by Gasteiger charge is 2.15. The molecular formula is C20H30N4O2. The monoisotopic (exact) mass is 358 g/mol. The number of hydrogen-bond donors (Lipinski definition) is 4. The molecule has 2 aliphatic rings. The summed E-state index contributed by atoms with van der Waals surface area (Å²) in [6.45, 7) is 2.92. The van der Waals surface area contributed by atoms with Crippen molar-refractivity contribution in [3.05, 3.63) is 34.9 Å². The maximum absolute atomic E-state index is 12.0. The summed E-state index contributed by atoms with van der Waals surface area (Å²) < 4.78 is 0. The third kappa shape index (κ3) is 5.73. The van der Waals surface area contributed by atoms with Gasteiger partial charge in [0.2, 0.25) is 5.91 Å². The smallest absolute Gasteiger partial charge is 0.315 e. The summed E-state index contributed by atoms with van der Waals surface area (Å²) in [5.74, 6) is 0.0260. The Labute approximate surface area is 155 Å². The first kappa shape index (κ1) is 18.7. The van der Waals surface area contributed by atoms with E-state index in [9.17, 15) is 9.59 Å². The molecule has 26 heavy (non-hydrogen) atoms. The van der Waals surface area contributed by atoms with Gasteiger partial charge >= 0.3 is 6.03 Å². The number of benzene rings is 1. The van der Waals surface area contributed by atoms with Crippen LogP contribution in [-0.2, 0) is 24.4 Å². The normalized spacial score (nSPS) is 16.8. The molecule has 142 valence electrons. The van der Waals surface area contributed by atoms with Gasteiger partial charge in [0, 0.05) is 38.6 Å². The third-order valence-corrected chi connectivity index (χ3v) is 5.20. The van der Waals surface area contributed by atoms with Gasteiger partial charge in [-0.2, -0.15) is 0 Å². The van der Waals surface area contributed by atoms with Crippen LogP contribution in [0.4, 0.5) is 4.79 Å². The van der Waals surface area contributed by atoms with Crippen LogP contribution in [0.2, 0.25) is 0 Å². The molecule has 4 N–H and O–H groups in total. The van der Waals surface area contributed by atoms with E-state index in [1.165, 1.54) is 30.4 Å². The Kier molecular flexibility index (Phi) is 6.89. The van der Waals surface area contributed by atoms with E-state index in [0.29, 0.717) is 32.0 Å². The molecule has 1 aromatic rings. The number of rotatable bonds is 7. The molecule has 1 aliphatic heterocycles. The molecule has 0 saturated heterocycles. The standard InChI is InChI=1S/C20H30N4O2/c25-19(23-12-15-8-9-16-13-21-14-17(16)11-15)7-4-10-22-20(26)24-18-5-2-1-3-6-18/h8-9,11,18,21H,1-7,10,12-14H2,(H,23,25)(H2,22,24,26). The van der Waals surface area contributed by atoms with Crippen molar-refractivity contribution in [2.24, 2.45) is 0 Å². The lowest BCUT2D eigenvalue weighted by molar-refractivity contribution is -0.121. The van der Waals surface area contributed by atoms with E-state index in [1.54, 1.807) is 0 Å². The van der Waals surface area contributed by atoms with Gasteiger partial charge in [-0.1, -0.05) is 37.5 Å². The number of carbonyl (C=O) groups excluding carboxylic acids is 2. The predicted octanol–water partition coefficient (Wildman–Crippen LogP) is 2.32. The molecule has 1 aliphatic carbocycles. The van der Waals surface area contributed by atoms with Gasteiger partial charge in [-0.25, -0.2) is 4.79 Å². The summed E-state index contributed by atoms with van der Waals surface area (Å²) in [6.07, 6.45) is 6.91. The number of amides is 3. The van der Waals surface area contributed by atoms with Crippen molar-refractivity contribution in [1.82, 2.24) is 21.3 Å². The Balaban J connectivity index is 1.26. The lowest BCUT2D eigenvalue weighted by Gasteiger charge is -2.22. The van der Waals surface area contributed by atoms with Gasteiger partial charge < -0.3 is 21.3 Å². The van der Waals surface area contributed by atoms with Crippen molar-refractivity contribution in [1.29, 1.82) is 0 Å². The fourth-order valence-electron chi connectivity index (χ4n) is 3.68. The summed E-state index contributed by atoms with van der Waals surface area (Å²) in [7, 11) is 0. The highest BCUT2D eigenvalue weighted by Crippen LogP contribution is 2.17. The van der Waals surface area contributed by atoms with E-state index in [4.69, 9.17) is 0 Å². The SMILES string of the molecule is O=C(CCCNC(=O)NC1CCCCC1)NCc1ccc2c(c1)CNC2. The first-order chi connectivity index (χ1) is 12.7. The fraction of sp³-hybridized carbons (Fsp3) is 0.600. The molecule has 0 bridgehead atoms. The molecule has 0 atom stereocenters. The summed E-state index contributed by atoms with van der Waals surface area (Å²) in [6, 6.07) is 6.57. The third-order valence-electron chi connectivity index (χ3n) is 5.20. The Morgan fingerprint density at radius 2 is 1.85 bits per heavy atom. The van der Waals surface area contributed by atoms with Crippen LogP contribution in [0.15, 0.2) is 18.2 Å². The number of fused-ring (bicyclic) bond motifs is 1. The van der Waals surface area contributed by atoms with Gasteiger partial charge in [-0.05, 0) is 36.0 Å². The van der Waals surface area contributed by atoms with Gasteiger partial charge in [0.1, 0.15) is 0 Å². The van der Waals surface area contributed by atoms with E-state index in [2.05, 4.69) is 39.5 Å². The molecular weight excluding hydrogens is 328 g/mol. The van der Waals surface area contributed by atoms with Gasteiger partial charge in [-0.3, -0.25) is 4.79 Å². The van der Waals surface area contributed by atoms with Crippen molar-refractivity contribution in [3.8, 4) is 0 Å². The second-order valence-corrected chi connectivity index (χ2v) is 7.32. The molecule has 0 aromatic heterocycles. The number of nitrogens with one attached hydrogen (secondary N) is 4. The maximum Gasteiger partial charge on any atom is 0.315 e. The molecule has 1 saturated carbocycles. The van der Waals surface area contributed by atoms with E-state index in [1.807, 2.05) is 0 Å². The van der Waals surface area contributed by atoms with Crippen molar-refractivity contribution in [3.63, 3.8) is 0 Å². The topological polar surface area (TPSA) is 82.3 Å². The van der Waals surface area contributed by atoms with Crippen LogP contribution in [0.1, 0.15) is 61.6 Å². The molecule has 6 heteroatoms. The molecule has 0 spiro atoms. The van der Waals surface area contributed by atoms with E-state index in [-0.39, 0.29) is 11.9 Å². The van der Waals surface area contributed by atoms with Crippen LogP contribution >= 0.6 is 0 Å². The molecule has 6 nitrogen and oxygen atoms in total.